The van der Waals surface area contributed by atoms with E-state index in [1.807, 2.05) is 4.90 Å². The summed E-state index contributed by atoms with van der Waals surface area (Å²) in [5, 5.41) is 10.4. The van der Waals surface area contributed by atoms with E-state index < -0.39 is 29.8 Å². The number of aromatic amines is 1. The lowest BCUT2D eigenvalue weighted by atomic mass is 10.0. The highest BCUT2D eigenvalue weighted by atomic mass is 19.1. The van der Waals surface area contributed by atoms with E-state index in [2.05, 4.69) is 20.5 Å². The van der Waals surface area contributed by atoms with Gasteiger partial charge in [0.25, 0.3) is 5.91 Å². The average Bonchev–Trinajstić information content (AvgIpc) is 3.35. The zero-order valence-electron chi connectivity index (χ0n) is 16.7. The summed E-state index contributed by atoms with van der Waals surface area (Å²) in [6.45, 7) is 3.07. The second-order valence-corrected chi connectivity index (χ2v) is 8.16. The molecule has 1 aliphatic heterocycles. The SMILES string of the molecule is CC(C)(CF)NC(=O)c1cnc2[nH]nc(N3CCC[C@@H]3c3cc(F)ccc3F)c2c1. The van der Waals surface area contributed by atoms with Crippen molar-refractivity contribution < 1.29 is 18.0 Å². The lowest BCUT2D eigenvalue weighted by molar-refractivity contribution is 0.0899. The van der Waals surface area contributed by atoms with Crippen LogP contribution in [0, 0.1) is 11.6 Å². The minimum atomic E-state index is -1.000. The quantitative estimate of drug-likeness (QED) is 0.657. The Morgan fingerprint density at radius 1 is 1.33 bits per heavy atom. The molecule has 3 heterocycles. The molecule has 0 radical (unpaired) electrons. The van der Waals surface area contributed by atoms with Gasteiger partial charge in [-0.25, -0.2) is 18.2 Å². The van der Waals surface area contributed by atoms with Crippen LogP contribution in [0.5, 0.6) is 0 Å². The molecule has 2 N–H and O–H groups in total. The van der Waals surface area contributed by atoms with E-state index in [9.17, 15) is 18.0 Å². The van der Waals surface area contributed by atoms with Crippen LogP contribution >= 0.6 is 0 Å². The highest BCUT2D eigenvalue weighted by Gasteiger charge is 2.31. The van der Waals surface area contributed by atoms with Crippen LogP contribution in [0.1, 0.15) is 48.7 Å². The second-order valence-electron chi connectivity index (χ2n) is 8.16. The molecule has 3 aromatic rings. The molecule has 1 amide bonds. The first-order valence-electron chi connectivity index (χ1n) is 9.73. The molecule has 0 aliphatic carbocycles. The molecule has 2 aromatic heterocycles. The standard InChI is InChI=1S/C21H22F3N5O/c1-21(2,11-22)26-20(30)12-8-15-18(25-10-12)27-28-19(15)29-7-3-4-17(29)14-9-13(23)5-6-16(14)24/h5-6,8-10,17H,3-4,7,11H2,1-2H3,(H,26,30)(H,25,27,28)/t17-/m1/s1. The van der Waals surface area contributed by atoms with Gasteiger partial charge in [-0.05, 0) is 51.0 Å². The summed E-state index contributed by atoms with van der Waals surface area (Å²) in [6.07, 6.45) is 2.82. The molecule has 1 atom stereocenters. The summed E-state index contributed by atoms with van der Waals surface area (Å²) in [7, 11) is 0. The zero-order chi connectivity index (χ0) is 21.5. The van der Waals surface area contributed by atoms with Gasteiger partial charge in [0.1, 0.15) is 18.3 Å². The number of nitrogens with zero attached hydrogens (tertiary/aromatic N) is 3. The number of halogens is 3. The Morgan fingerprint density at radius 2 is 2.13 bits per heavy atom. The number of hydrogen-bond acceptors (Lipinski definition) is 4. The largest absolute Gasteiger partial charge is 0.347 e. The number of amides is 1. The van der Waals surface area contributed by atoms with E-state index in [1.54, 1.807) is 19.9 Å². The number of anilines is 1. The Kier molecular flexibility index (Phi) is 5.13. The lowest BCUT2D eigenvalue weighted by Crippen LogP contribution is -2.45. The van der Waals surface area contributed by atoms with Gasteiger partial charge >= 0.3 is 0 Å². The average molecular weight is 417 g/mol. The molecular weight excluding hydrogens is 395 g/mol. The number of benzene rings is 1. The van der Waals surface area contributed by atoms with Crippen molar-refractivity contribution >= 4 is 22.8 Å². The summed E-state index contributed by atoms with van der Waals surface area (Å²) in [5.41, 5.74) is 0.00599. The maximum atomic E-state index is 14.4. The summed E-state index contributed by atoms with van der Waals surface area (Å²) in [4.78, 5) is 18.7. The number of nitrogens with one attached hydrogen (secondary N) is 2. The Bertz CT molecular complexity index is 1100. The minimum Gasteiger partial charge on any atom is -0.347 e. The van der Waals surface area contributed by atoms with E-state index in [4.69, 9.17) is 0 Å². The Morgan fingerprint density at radius 3 is 2.90 bits per heavy atom. The van der Waals surface area contributed by atoms with Crippen molar-refractivity contribution in [3.63, 3.8) is 0 Å². The van der Waals surface area contributed by atoms with Crippen molar-refractivity contribution in [2.45, 2.75) is 38.3 Å². The van der Waals surface area contributed by atoms with Gasteiger partial charge in [0.15, 0.2) is 11.5 Å². The van der Waals surface area contributed by atoms with E-state index in [0.29, 0.717) is 29.8 Å². The molecule has 1 aromatic carbocycles. The number of hydrogen-bond donors (Lipinski definition) is 2. The summed E-state index contributed by atoms with van der Waals surface area (Å²) < 4.78 is 41.2. The van der Waals surface area contributed by atoms with E-state index in [-0.39, 0.29) is 17.2 Å². The maximum absolute atomic E-state index is 14.4. The van der Waals surface area contributed by atoms with Crippen molar-refractivity contribution in [3.05, 3.63) is 53.2 Å². The van der Waals surface area contributed by atoms with Gasteiger partial charge in [-0.15, -0.1) is 0 Å². The molecule has 1 aliphatic rings. The van der Waals surface area contributed by atoms with Gasteiger partial charge in [0.05, 0.1) is 22.5 Å². The molecule has 1 saturated heterocycles. The summed E-state index contributed by atoms with van der Waals surface area (Å²) >= 11 is 0. The fourth-order valence-electron chi connectivity index (χ4n) is 3.76. The zero-order valence-corrected chi connectivity index (χ0v) is 16.7. The monoisotopic (exact) mass is 417 g/mol. The number of carbonyl (C=O) groups excluding carboxylic acids is 1. The number of fused-ring (bicyclic) bond motifs is 1. The Hall–Kier alpha value is -3.10. The van der Waals surface area contributed by atoms with Crippen molar-refractivity contribution in [1.82, 2.24) is 20.5 Å². The van der Waals surface area contributed by atoms with Crippen LogP contribution in [-0.4, -0.2) is 39.8 Å². The minimum absolute atomic E-state index is 0.263. The smallest absolute Gasteiger partial charge is 0.253 e. The fraction of sp³-hybridized carbons (Fsp3) is 0.381. The molecule has 4 rings (SSSR count). The van der Waals surface area contributed by atoms with Gasteiger partial charge < -0.3 is 10.2 Å². The van der Waals surface area contributed by atoms with Gasteiger partial charge in [-0.2, -0.15) is 5.10 Å². The number of rotatable bonds is 5. The lowest BCUT2D eigenvalue weighted by Gasteiger charge is -2.25. The number of aromatic nitrogens is 3. The van der Waals surface area contributed by atoms with Crippen LogP contribution < -0.4 is 10.2 Å². The molecule has 0 unspecified atom stereocenters. The van der Waals surface area contributed by atoms with Crippen molar-refractivity contribution in [2.24, 2.45) is 0 Å². The van der Waals surface area contributed by atoms with Crippen molar-refractivity contribution in [1.29, 1.82) is 0 Å². The third-order valence-electron chi connectivity index (χ3n) is 5.29. The maximum Gasteiger partial charge on any atom is 0.253 e. The number of alkyl halides is 1. The first-order valence-corrected chi connectivity index (χ1v) is 9.73. The predicted molar refractivity (Wildman–Crippen MR) is 107 cm³/mol. The Labute approximate surface area is 171 Å². The van der Waals surface area contributed by atoms with Gasteiger partial charge in [-0.3, -0.25) is 9.89 Å². The van der Waals surface area contributed by atoms with Crippen LogP contribution in [0.15, 0.2) is 30.5 Å². The highest BCUT2D eigenvalue weighted by Crippen LogP contribution is 2.39. The normalized spacial score (nSPS) is 17.0. The summed E-state index contributed by atoms with van der Waals surface area (Å²) in [5.74, 6) is -0.905. The molecule has 0 bridgehead atoms. The van der Waals surface area contributed by atoms with Gasteiger partial charge in [-0.1, -0.05) is 0 Å². The summed E-state index contributed by atoms with van der Waals surface area (Å²) in [6, 6.07) is 4.68. The molecule has 30 heavy (non-hydrogen) atoms. The molecule has 1 fully saturated rings. The van der Waals surface area contributed by atoms with Crippen molar-refractivity contribution in [2.75, 3.05) is 18.1 Å². The molecule has 9 heteroatoms. The molecule has 0 saturated carbocycles. The topological polar surface area (TPSA) is 73.9 Å². The molecular formula is C21H22F3N5O. The first-order chi connectivity index (χ1) is 14.3. The van der Waals surface area contributed by atoms with E-state index in [1.165, 1.54) is 12.3 Å². The number of H-pyrrole nitrogens is 1. The number of pyridine rings is 1. The van der Waals surface area contributed by atoms with Crippen LogP contribution in [0.4, 0.5) is 19.0 Å². The Balaban J connectivity index is 1.70. The second kappa shape index (κ2) is 7.62. The van der Waals surface area contributed by atoms with Crippen LogP contribution in [-0.2, 0) is 0 Å². The fourth-order valence-corrected chi connectivity index (χ4v) is 3.76. The van der Waals surface area contributed by atoms with Gasteiger partial charge in [0.2, 0.25) is 0 Å². The van der Waals surface area contributed by atoms with Crippen LogP contribution in [0.25, 0.3) is 11.0 Å². The molecule has 6 nitrogen and oxygen atoms in total. The highest BCUT2D eigenvalue weighted by molar-refractivity contribution is 5.99. The van der Waals surface area contributed by atoms with E-state index in [0.717, 1.165) is 18.6 Å². The third kappa shape index (κ3) is 3.71. The first kappa shape index (κ1) is 20.2. The third-order valence-corrected chi connectivity index (χ3v) is 5.29. The van der Waals surface area contributed by atoms with Gasteiger partial charge in [0, 0.05) is 18.3 Å². The number of carbonyl (C=O) groups is 1. The van der Waals surface area contributed by atoms with E-state index >= 15 is 0 Å². The van der Waals surface area contributed by atoms with Crippen molar-refractivity contribution in [3.8, 4) is 0 Å². The molecule has 0 spiro atoms. The predicted octanol–water partition coefficient (Wildman–Crippen LogP) is 4.06. The molecule has 158 valence electrons. The van der Waals surface area contributed by atoms with Crippen LogP contribution in [0.2, 0.25) is 0 Å². The van der Waals surface area contributed by atoms with Crippen LogP contribution in [0.3, 0.4) is 0 Å².